The van der Waals surface area contributed by atoms with Gasteiger partial charge in [-0.25, -0.2) is 0 Å². The Morgan fingerprint density at radius 1 is 1.35 bits per heavy atom. The second kappa shape index (κ2) is 6.11. The highest BCUT2D eigenvalue weighted by Gasteiger charge is 2.32. The van der Waals surface area contributed by atoms with Crippen LogP contribution < -0.4 is 0 Å². The lowest BCUT2D eigenvalue weighted by Crippen LogP contribution is -2.39. The molecule has 0 aromatic carbocycles. The summed E-state index contributed by atoms with van der Waals surface area (Å²) in [6.07, 6.45) is -0.432. The number of likely N-dealkylation sites (tertiary alicyclic amines) is 1. The number of aliphatic hydroxyl groups is 2. The highest BCUT2D eigenvalue weighted by Crippen LogP contribution is 2.20. The van der Waals surface area contributed by atoms with Crippen molar-refractivity contribution in [3.05, 3.63) is 0 Å². The Morgan fingerprint density at radius 2 is 2.00 bits per heavy atom. The van der Waals surface area contributed by atoms with Gasteiger partial charge in [-0.2, -0.15) is 0 Å². The SMILES string of the molecule is CCN1CC(OC(C)(C)O)CC(O)C(OC)C1. The molecule has 17 heavy (non-hydrogen) atoms. The topological polar surface area (TPSA) is 62.2 Å². The van der Waals surface area contributed by atoms with Gasteiger partial charge in [0.25, 0.3) is 0 Å². The smallest absolute Gasteiger partial charge is 0.160 e. The van der Waals surface area contributed by atoms with E-state index in [9.17, 15) is 10.2 Å². The summed E-state index contributed by atoms with van der Waals surface area (Å²) in [5.41, 5.74) is 0. The molecular weight excluding hydrogens is 222 g/mol. The molecule has 5 nitrogen and oxygen atoms in total. The Balaban J connectivity index is 2.67. The van der Waals surface area contributed by atoms with Gasteiger partial charge in [0, 0.05) is 26.6 Å². The summed E-state index contributed by atoms with van der Waals surface area (Å²) in [5.74, 6) is -1.17. The molecule has 1 rings (SSSR count). The largest absolute Gasteiger partial charge is 0.390 e. The number of hydrogen-bond donors (Lipinski definition) is 2. The van der Waals surface area contributed by atoms with Crippen molar-refractivity contribution in [2.24, 2.45) is 0 Å². The summed E-state index contributed by atoms with van der Waals surface area (Å²) in [4.78, 5) is 2.17. The second-order valence-electron chi connectivity index (χ2n) is 5.12. The van der Waals surface area contributed by atoms with Gasteiger partial charge in [0.1, 0.15) is 0 Å². The highest BCUT2D eigenvalue weighted by molar-refractivity contribution is 4.83. The van der Waals surface area contributed by atoms with Gasteiger partial charge in [-0.1, -0.05) is 6.92 Å². The minimum absolute atomic E-state index is 0.176. The average Bonchev–Trinajstić information content (AvgIpc) is 2.34. The Kier molecular flexibility index (Phi) is 5.34. The van der Waals surface area contributed by atoms with Crippen LogP contribution in [-0.4, -0.2) is 66.0 Å². The van der Waals surface area contributed by atoms with E-state index in [2.05, 4.69) is 11.8 Å². The fraction of sp³-hybridized carbons (Fsp3) is 1.00. The maximum atomic E-state index is 10.0. The van der Waals surface area contributed by atoms with Gasteiger partial charge < -0.3 is 19.7 Å². The third-order valence-corrected chi connectivity index (χ3v) is 3.04. The summed E-state index contributed by atoms with van der Waals surface area (Å²) in [6, 6.07) is 0. The van der Waals surface area contributed by atoms with Crippen LogP contribution in [0.1, 0.15) is 27.2 Å². The van der Waals surface area contributed by atoms with Crippen molar-refractivity contribution in [1.29, 1.82) is 0 Å². The lowest BCUT2D eigenvalue weighted by Gasteiger charge is -2.28. The molecule has 2 N–H and O–H groups in total. The Hall–Kier alpha value is -0.200. The molecule has 0 aromatic rings. The van der Waals surface area contributed by atoms with Gasteiger partial charge in [0.15, 0.2) is 5.79 Å². The first-order chi connectivity index (χ1) is 7.85. The lowest BCUT2D eigenvalue weighted by molar-refractivity contribution is -0.211. The number of nitrogens with zero attached hydrogens (tertiary/aromatic N) is 1. The van der Waals surface area contributed by atoms with E-state index in [0.29, 0.717) is 19.5 Å². The summed E-state index contributed by atoms with van der Waals surface area (Å²) < 4.78 is 10.8. The number of methoxy groups -OCH3 is 1. The summed E-state index contributed by atoms with van der Waals surface area (Å²) in [7, 11) is 1.61. The van der Waals surface area contributed by atoms with Crippen molar-refractivity contribution >= 4 is 0 Å². The van der Waals surface area contributed by atoms with Crippen LogP contribution in [0.5, 0.6) is 0 Å². The van der Waals surface area contributed by atoms with Crippen molar-refractivity contribution in [1.82, 2.24) is 4.90 Å². The Morgan fingerprint density at radius 3 is 2.47 bits per heavy atom. The van der Waals surface area contributed by atoms with Gasteiger partial charge >= 0.3 is 0 Å². The van der Waals surface area contributed by atoms with Crippen molar-refractivity contribution in [2.75, 3.05) is 26.7 Å². The van der Waals surface area contributed by atoms with Gasteiger partial charge in [-0.3, -0.25) is 4.90 Å². The van der Waals surface area contributed by atoms with Gasteiger partial charge in [0.2, 0.25) is 0 Å². The number of ether oxygens (including phenoxy) is 2. The molecule has 3 unspecified atom stereocenters. The third-order valence-electron chi connectivity index (χ3n) is 3.04. The fourth-order valence-electron chi connectivity index (χ4n) is 2.22. The molecule has 1 fully saturated rings. The maximum absolute atomic E-state index is 10.0. The molecule has 0 amide bonds. The van der Waals surface area contributed by atoms with E-state index in [0.717, 1.165) is 6.54 Å². The zero-order chi connectivity index (χ0) is 13.1. The number of likely N-dealkylation sites (N-methyl/N-ethyl adjacent to an activating group) is 1. The number of hydrogen-bond acceptors (Lipinski definition) is 5. The lowest BCUT2D eigenvalue weighted by atomic mass is 10.1. The first kappa shape index (κ1) is 14.9. The molecular formula is C12H25NO4. The molecule has 1 aliphatic heterocycles. The Bertz CT molecular complexity index is 227. The predicted octanol–water partition coefficient (Wildman–Crippen LogP) is 0.202. The maximum Gasteiger partial charge on any atom is 0.160 e. The molecule has 0 aromatic heterocycles. The Labute approximate surface area is 103 Å². The molecule has 1 saturated heterocycles. The van der Waals surface area contributed by atoms with Crippen LogP contribution >= 0.6 is 0 Å². The molecule has 0 saturated carbocycles. The highest BCUT2D eigenvalue weighted by atomic mass is 16.6. The van der Waals surface area contributed by atoms with E-state index >= 15 is 0 Å². The summed E-state index contributed by atoms with van der Waals surface area (Å²) in [6.45, 7) is 7.55. The zero-order valence-electron chi connectivity index (χ0n) is 11.2. The fourth-order valence-corrected chi connectivity index (χ4v) is 2.22. The molecule has 5 heteroatoms. The van der Waals surface area contributed by atoms with Crippen LogP contribution in [-0.2, 0) is 9.47 Å². The second-order valence-corrected chi connectivity index (χ2v) is 5.12. The van der Waals surface area contributed by atoms with E-state index in [1.807, 2.05) is 0 Å². The van der Waals surface area contributed by atoms with Gasteiger partial charge in [-0.05, 0) is 20.4 Å². The normalized spacial score (nSPS) is 32.5. The first-order valence-electron chi connectivity index (χ1n) is 6.19. The van der Waals surface area contributed by atoms with Crippen molar-refractivity contribution < 1.29 is 19.7 Å². The van der Waals surface area contributed by atoms with E-state index in [-0.39, 0.29) is 12.2 Å². The number of aliphatic hydroxyl groups excluding tert-OH is 1. The van der Waals surface area contributed by atoms with Crippen LogP contribution in [0.25, 0.3) is 0 Å². The first-order valence-corrected chi connectivity index (χ1v) is 6.19. The molecule has 1 heterocycles. The summed E-state index contributed by atoms with van der Waals surface area (Å²) in [5, 5.41) is 19.7. The summed E-state index contributed by atoms with van der Waals surface area (Å²) >= 11 is 0. The molecule has 1 aliphatic rings. The average molecular weight is 247 g/mol. The quantitative estimate of drug-likeness (QED) is 0.695. The van der Waals surface area contributed by atoms with Crippen LogP contribution in [0.15, 0.2) is 0 Å². The minimum Gasteiger partial charge on any atom is -0.390 e. The van der Waals surface area contributed by atoms with Crippen molar-refractivity contribution in [2.45, 2.75) is 51.3 Å². The molecule has 0 aliphatic carbocycles. The van der Waals surface area contributed by atoms with E-state index < -0.39 is 11.9 Å². The molecule has 0 radical (unpaired) electrons. The predicted molar refractivity (Wildman–Crippen MR) is 64.7 cm³/mol. The van der Waals surface area contributed by atoms with Crippen LogP contribution in [0.2, 0.25) is 0 Å². The van der Waals surface area contributed by atoms with Gasteiger partial charge in [-0.15, -0.1) is 0 Å². The van der Waals surface area contributed by atoms with Crippen LogP contribution in [0.4, 0.5) is 0 Å². The van der Waals surface area contributed by atoms with E-state index in [1.165, 1.54) is 0 Å². The third kappa shape index (κ3) is 4.89. The molecule has 0 bridgehead atoms. The van der Waals surface area contributed by atoms with Crippen molar-refractivity contribution in [3.63, 3.8) is 0 Å². The molecule has 0 spiro atoms. The van der Waals surface area contributed by atoms with Crippen LogP contribution in [0, 0.1) is 0 Å². The van der Waals surface area contributed by atoms with E-state index in [4.69, 9.17) is 9.47 Å². The molecule has 102 valence electrons. The van der Waals surface area contributed by atoms with E-state index in [1.54, 1.807) is 21.0 Å². The molecule has 3 atom stereocenters. The monoisotopic (exact) mass is 247 g/mol. The van der Waals surface area contributed by atoms with Gasteiger partial charge in [0.05, 0.1) is 18.3 Å². The van der Waals surface area contributed by atoms with Crippen molar-refractivity contribution in [3.8, 4) is 0 Å². The zero-order valence-corrected chi connectivity index (χ0v) is 11.2. The number of rotatable bonds is 4. The standard InChI is InChI=1S/C12H25NO4/c1-5-13-7-9(17-12(2,3)15)6-10(14)11(8-13)16-4/h9-11,14-15H,5-8H2,1-4H3. The minimum atomic E-state index is -1.17. The van der Waals surface area contributed by atoms with Crippen LogP contribution in [0.3, 0.4) is 0 Å².